The van der Waals surface area contributed by atoms with Gasteiger partial charge < -0.3 is 14.8 Å². The molecule has 0 bridgehead atoms. The smallest absolute Gasteiger partial charge is 0.251 e. The highest BCUT2D eigenvalue weighted by molar-refractivity contribution is 5.94. The third-order valence-corrected chi connectivity index (χ3v) is 5.62. The van der Waals surface area contributed by atoms with Gasteiger partial charge in [-0.05, 0) is 56.8 Å². The fourth-order valence-corrected chi connectivity index (χ4v) is 3.93. The molecule has 0 aliphatic carbocycles. The molecular formula is C22H32N4O. The van der Waals surface area contributed by atoms with E-state index in [9.17, 15) is 4.79 Å². The van der Waals surface area contributed by atoms with Gasteiger partial charge in [-0.1, -0.05) is 25.5 Å². The van der Waals surface area contributed by atoms with E-state index in [1.54, 1.807) is 0 Å². The van der Waals surface area contributed by atoms with Crippen molar-refractivity contribution in [2.45, 2.75) is 58.5 Å². The molecule has 1 unspecified atom stereocenters. The van der Waals surface area contributed by atoms with E-state index in [1.165, 1.54) is 37.8 Å². The lowest BCUT2D eigenvalue weighted by Gasteiger charge is -2.35. The van der Waals surface area contributed by atoms with E-state index in [-0.39, 0.29) is 5.91 Å². The van der Waals surface area contributed by atoms with Crippen molar-refractivity contribution in [1.29, 1.82) is 0 Å². The van der Waals surface area contributed by atoms with Crippen LogP contribution in [0.2, 0.25) is 0 Å². The highest BCUT2D eigenvalue weighted by Gasteiger charge is 2.19. The molecule has 3 rings (SSSR count). The summed E-state index contributed by atoms with van der Waals surface area (Å²) in [4.78, 5) is 19.2. The van der Waals surface area contributed by atoms with Crippen molar-refractivity contribution in [1.82, 2.24) is 19.8 Å². The number of likely N-dealkylation sites (tertiary alicyclic amines) is 1. The first-order valence-corrected chi connectivity index (χ1v) is 10.3. The van der Waals surface area contributed by atoms with E-state index in [1.807, 2.05) is 43.6 Å². The van der Waals surface area contributed by atoms with Crippen LogP contribution in [0.5, 0.6) is 0 Å². The Hall–Kier alpha value is -2.14. The summed E-state index contributed by atoms with van der Waals surface area (Å²) in [5, 5.41) is 3.06. The summed E-state index contributed by atoms with van der Waals surface area (Å²) in [7, 11) is 0. The number of piperidine rings is 1. The van der Waals surface area contributed by atoms with Crippen LogP contribution in [0.1, 0.15) is 60.8 Å². The number of rotatable bonds is 8. The molecule has 1 fully saturated rings. The van der Waals surface area contributed by atoms with Gasteiger partial charge in [0.05, 0.1) is 0 Å². The molecule has 0 radical (unpaired) electrons. The van der Waals surface area contributed by atoms with Crippen molar-refractivity contribution < 1.29 is 4.79 Å². The molecule has 1 aliphatic heterocycles. The van der Waals surface area contributed by atoms with Crippen LogP contribution in [0, 0.1) is 6.92 Å². The number of aromatic nitrogens is 2. The lowest BCUT2D eigenvalue weighted by atomic mass is 10.00. The predicted octanol–water partition coefficient (Wildman–Crippen LogP) is 3.62. The Balaban J connectivity index is 1.42. The maximum Gasteiger partial charge on any atom is 0.251 e. The van der Waals surface area contributed by atoms with E-state index in [0.29, 0.717) is 0 Å². The minimum atomic E-state index is 0.0195. The SMILES string of the molecule is CCC1CCCCN1CCCNC(=O)c1ccc(Cn2ccnc2C)cc1. The number of hydrogen-bond acceptors (Lipinski definition) is 3. The molecule has 1 aromatic heterocycles. The van der Waals surface area contributed by atoms with Crippen molar-refractivity contribution in [3.63, 3.8) is 0 Å². The summed E-state index contributed by atoms with van der Waals surface area (Å²) in [6, 6.07) is 8.60. The highest BCUT2D eigenvalue weighted by atomic mass is 16.1. The van der Waals surface area contributed by atoms with Crippen LogP contribution in [0.3, 0.4) is 0 Å². The lowest BCUT2D eigenvalue weighted by Crippen LogP contribution is -2.40. The quantitative estimate of drug-likeness (QED) is 0.724. The number of nitrogens with zero attached hydrogens (tertiary/aromatic N) is 3. The Morgan fingerprint density at radius 2 is 2.07 bits per heavy atom. The number of hydrogen-bond donors (Lipinski definition) is 1. The summed E-state index contributed by atoms with van der Waals surface area (Å²) in [6.45, 7) is 8.09. The summed E-state index contributed by atoms with van der Waals surface area (Å²) < 4.78 is 2.10. The second-order valence-corrected chi connectivity index (χ2v) is 7.50. The maximum absolute atomic E-state index is 12.4. The summed E-state index contributed by atoms with van der Waals surface area (Å²) in [5.74, 6) is 1.02. The first kappa shape index (κ1) is 19.6. The Morgan fingerprint density at radius 1 is 1.26 bits per heavy atom. The minimum Gasteiger partial charge on any atom is -0.352 e. The third kappa shape index (κ3) is 5.42. The standard InChI is InChI=1S/C22H32N4O/c1-3-21-7-4-5-14-25(21)15-6-12-24-22(27)20-10-8-19(9-11-20)17-26-16-13-23-18(26)2/h8-11,13,16,21H,3-7,12,14-15,17H2,1-2H3,(H,24,27). The summed E-state index contributed by atoms with van der Waals surface area (Å²) in [5.41, 5.74) is 1.90. The number of carbonyl (C=O) groups is 1. The van der Waals surface area contributed by atoms with Gasteiger partial charge in [0.15, 0.2) is 0 Å². The molecule has 1 atom stereocenters. The van der Waals surface area contributed by atoms with Crippen LogP contribution >= 0.6 is 0 Å². The lowest BCUT2D eigenvalue weighted by molar-refractivity contribution is 0.0947. The van der Waals surface area contributed by atoms with Gasteiger partial charge in [0.1, 0.15) is 5.82 Å². The number of nitrogens with one attached hydrogen (secondary N) is 1. The molecule has 0 spiro atoms. The molecule has 1 aromatic carbocycles. The van der Waals surface area contributed by atoms with Gasteiger partial charge in [0.2, 0.25) is 0 Å². The van der Waals surface area contributed by atoms with Crippen molar-refractivity contribution in [3.8, 4) is 0 Å². The minimum absolute atomic E-state index is 0.0195. The fourth-order valence-electron chi connectivity index (χ4n) is 3.93. The molecule has 146 valence electrons. The van der Waals surface area contributed by atoms with Crippen LogP contribution in [0.25, 0.3) is 0 Å². The average molecular weight is 369 g/mol. The van der Waals surface area contributed by atoms with Crippen molar-refractivity contribution in [2.75, 3.05) is 19.6 Å². The molecule has 1 aliphatic rings. The number of aryl methyl sites for hydroxylation is 1. The van der Waals surface area contributed by atoms with Gasteiger partial charge in [-0.2, -0.15) is 0 Å². The van der Waals surface area contributed by atoms with Crippen molar-refractivity contribution >= 4 is 5.91 Å². The van der Waals surface area contributed by atoms with Gasteiger partial charge in [0, 0.05) is 43.6 Å². The largest absolute Gasteiger partial charge is 0.352 e. The van der Waals surface area contributed by atoms with E-state index in [0.717, 1.165) is 43.5 Å². The molecular weight excluding hydrogens is 336 g/mol. The zero-order chi connectivity index (χ0) is 19.1. The maximum atomic E-state index is 12.4. The second-order valence-electron chi connectivity index (χ2n) is 7.50. The topological polar surface area (TPSA) is 50.2 Å². The Kier molecular flexibility index (Phi) is 7.04. The van der Waals surface area contributed by atoms with Gasteiger partial charge >= 0.3 is 0 Å². The van der Waals surface area contributed by atoms with Crippen LogP contribution in [0.15, 0.2) is 36.7 Å². The first-order valence-electron chi connectivity index (χ1n) is 10.3. The predicted molar refractivity (Wildman–Crippen MR) is 109 cm³/mol. The third-order valence-electron chi connectivity index (χ3n) is 5.62. The van der Waals surface area contributed by atoms with Gasteiger partial charge in [-0.3, -0.25) is 4.79 Å². The van der Waals surface area contributed by atoms with E-state index in [2.05, 4.69) is 26.7 Å². The van der Waals surface area contributed by atoms with Crippen LogP contribution < -0.4 is 5.32 Å². The zero-order valence-electron chi connectivity index (χ0n) is 16.7. The summed E-state index contributed by atoms with van der Waals surface area (Å²) >= 11 is 0. The second kappa shape index (κ2) is 9.70. The number of carbonyl (C=O) groups excluding carboxylic acids is 1. The first-order chi connectivity index (χ1) is 13.2. The average Bonchev–Trinajstić information content (AvgIpc) is 3.10. The van der Waals surface area contributed by atoms with Crippen LogP contribution in [-0.2, 0) is 6.54 Å². The van der Waals surface area contributed by atoms with Gasteiger partial charge in [-0.25, -0.2) is 4.98 Å². The molecule has 5 nitrogen and oxygen atoms in total. The molecule has 1 amide bonds. The number of benzene rings is 1. The molecule has 2 heterocycles. The molecule has 2 aromatic rings. The Labute approximate surface area is 162 Å². The van der Waals surface area contributed by atoms with Crippen molar-refractivity contribution in [3.05, 3.63) is 53.6 Å². The summed E-state index contributed by atoms with van der Waals surface area (Å²) in [6.07, 6.45) is 10.0. The zero-order valence-corrected chi connectivity index (χ0v) is 16.7. The van der Waals surface area contributed by atoms with Crippen LogP contribution in [0.4, 0.5) is 0 Å². The van der Waals surface area contributed by atoms with Crippen LogP contribution in [-0.4, -0.2) is 46.0 Å². The molecule has 1 N–H and O–H groups in total. The molecule has 1 saturated heterocycles. The van der Waals surface area contributed by atoms with E-state index < -0.39 is 0 Å². The number of imidazole rings is 1. The van der Waals surface area contributed by atoms with E-state index >= 15 is 0 Å². The Bertz CT molecular complexity index is 722. The van der Waals surface area contributed by atoms with Crippen molar-refractivity contribution in [2.24, 2.45) is 0 Å². The van der Waals surface area contributed by atoms with Gasteiger partial charge in [0.25, 0.3) is 5.91 Å². The fraction of sp³-hybridized carbons (Fsp3) is 0.545. The normalized spacial score (nSPS) is 17.8. The molecule has 5 heteroatoms. The monoisotopic (exact) mass is 368 g/mol. The number of amides is 1. The Morgan fingerprint density at radius 3 is 2.78 bits per heavy atom. The molecule has 0 saturated carbocycles. The van der Waals surface area contributed by atoms with E-state index in [4.69, 9.17) is 0 Å². The highest BCUT2D eigenvalue weighted by Crippen LogP contribution is 2.19. The molecule has 27 heavy (non-hydrogen) atoms. The van der Waals surface area contributed by atoms with Gasteiger partial charge in [-0.15, -0.1) is 0 Å².